The molecular weight excluding hydrogens is 443 g/mol. The highest BCUT2D eigenvalue weighted by atomic mass is 35.5. The minimum Gasteiger partial charge on any atom is -0.497 e. The largest absolute Gasteiger partial charge is 0.497 e. The summed E-state index contributed by atoms with van der Waals surface area (Å²) in [5.41, 5.74) is 1.33. The third kappa shape index (κ3) is 5.96. The number of nitrogens with one attached hydrogen (secondary N) is 2. The lowest BCUT2D eigenvalue weighted by Gasteiger charge is -2.12. The molecule has 0 unspecified atom stereocenters. The van der Waals surface area contributed by atoms with Gasteiger partial charge in [-0.15, -0.1) is 0 Å². The van der Waals surface area contributed by atoms with Gasteiger partial charge in [0, 0.05) is 12.1 Å². The molecule has 0 aliphatic carbocycles. The number of amides is 1. The number of benzene rings is 3. The van der Waals surface area contributed by atoms with E-state index in [1.54, 1.807) is 7.11 Å². The summed E-state index contributed by atoms with van der Waals surface area (Å²) < 4.78 is 45.6. The molecule has 0 heterocycles. The van der Waals surface area contributed by atoms with Crippen molar-refractivity contribution in [3.05, 3.63) is 88.7 Å². The standard InChI is InChI=1S/C22H20ClFN2O4S/c1-30-18-7-2-15(3-8-18)12-13-25-22(27)16-4-11-20(23)21(14-16)26-31(28,29)19-9-5-17(24)6-10-19/h2-11,14,26H,12-13H2,1H3,(H,25,27). The van der Waals surface area contributed by atoms with E-state index < -0.39 is 15.8 Å². The molecule has 3 rings (SSSR count). The highest BCUT2D eigenvalue weighted by Crippen LogP contribution is 2.26. The molecule has 0 aliphatic rings. The van der Waals surface area contributed by atoms with E-state index in [0.29, 0.717) is 13.0 Å². The molecule has 31 heavy (non-hydrogen) atoms. The maximum atomic E-state index is 13.1. The molecular formula is C22H20ClFN2O4S. The number of hydrogen-bond acceptors (Lipinski definition) is 4. The molecule has 0 atom stereocenters. The zero-order chi connectivity index (χ0) is 22.4. The van der Waals surface area contributed by atoms with Crippen molar-refractivity contribution >= 4 is 33.2 Å². The summed E-state index contributed by atoms with van der Waals surface area (Å²) in [6.07, 6.45) is 0.618. The maximum Gasteiger partial charge on any atom is 0.261 e. The predicted molar refractivity (Wildman–Crippen MR) is 118 cm³/mol. The maximum absolute atomic E-state index is 13.1. The van der Waals surface area contributed by atoms with Crippen LogP contribution >= 0.6 is 11.6 Å². The van der Waals surface area contributed by atoms with E-state index in [4.69, 9.17) is 16.3 Å². The van der Waals surface area contributed by atoms with Gasteiger partial charge in [-0.05, 0) is 66.6 Å². The van der Waals surface area contributed by atoms with Gasteiger partial charge in [0.05, 0.1) is 22.7 Å². The number of ether oxygens (including phenoxy) is 1. The average molecular weight is 463 g/mol. The SMILES string of the molecule is COc1ccc(CCNC(=O)c2ccc(Cl)c(NS(=O)(=O)c3ccc(F)cc3)c2)cc1. The monoisotopic (exact) mass is 462 g/mol. The zero-order valence-corrected chi connectivity index (χ0v) is 18.1. The highest BCUT2D eigenvalue weighted by molar-refractivity contribution is 7.92. The van der Waals surface area contributed by atoms with Gasteiger partial charge in [-0.1, -0.05) is 23.7 Å². The summed E-state index contributed by atoms with van der Waals surface area (Å²) in [4.78, 5) is 12.4. The Morgan fingerprint density at radius 2 is 1.71 bits per heavy atom. The highest BCUT2D eigenvalue weighted by Gasteiger charge is 2.17. The van der Waals surface area contributed by atoms with Crippen molar-refractivity contribution in [1.82, 2.24) is 5.32 Å². The van der Waals surface area contributed by atoms with Gasteiger partial charge in [0.2, 0.25) is 0 Å². The van der Waals surface area contributed by atoms with Crippen LogP contribution in [-0.2, 0) is 16.4 Å². The Labute approximate surface area is 185 Å². The quantitative estimate of drug-likeness (QED) is 0.524. The molecule has 0 aliphatic heterocycles. The molecule has 9 heteroatoms. The number of hydrogen-bond donors (Lipinski definition) is 2. The zero-order valence-electron chi connectivity index (χ0n) is 16.6. The molecule has 1 amide bonds. The molecule has 3 aromatic rings. The first-order chi connectivity index (χ1) is 14.8. The Morgan fingerprint density at radius 3 is 2.35 bits per heavy atom. The van der Waals surface area contributed by atoms with E-state index >= 15 is 0 Å². The van der Waals surface area contributed by atoms with Crippen molar-refractivity contribution in [2.75, 3.05) is 18.4 Å². The normalized spacial score (nSPS) is 11.1. The summed E-state index contributed by atoms with van der Waals surface area (Å²) in [7, 11) is -2.40. The molecule has 3 aromatic carbocycles. The Hall–Kier alpha value is -3.10. The van der Waals surface area contributed by atoms with Gasteiger partial charge in [-0.3, -0.25) is 9.52 Å². The first-order valence-electron chi connectivity index (χ1n) is 9.27. The molecule has 6 nitrogen and oxygen atoms in total. The lowest BCUT2D eigenvalue weighted by Crippen LogP contribution is -2.26. The van der Waals surface area contributed by atoms with Gasteiger partial charge >= 0.3 is 0 Å². The smallest absolute Gasteiger partial charge is 0.261 e. The second kappa shape index (κ2) is 9.80. The summed E-state index contributed by atoms with van der Waals surface area (Å²) in [5, 5.41) is 2.92. The van der Waals surface area contributed by atoms with Gasteiger partial charge in [-0.25, -0.2) is 12.8 Å². The molecule has 0 saturated carbocycles. The number of anilines is 1. The number of halogens is 2. The fourth-order valence-corrected chi connectivity index (χ4v) is 4.07. The Bertz CT molecular complexity index is 1170. The minimum absolute atomic E-state index is 0.0498. The fraction of sp³-hybridized carbons (Fsp3) is 0.136. The van der Waals surface area contributed by atoms with Crippen molar-refractivity contribution in [1.29, 1.82) is 0 Å². The Kier molecular flexibility index (Phi) is 7.14. The van der Waals surface area contributed by atoms with Crippen molar-refractivity contribution in [3.63, 3.8) is 0 Å². The second-order valence-electron chi connectivity index (χ2n) is 6.61. The molecule has 0 aromatic heterocycles. The summed E-state index contributed by atoms with van der Waals surface area (Å²) in [6.45, 7) is 0.393. The van der Waals surface area contributed by atoms with Gasteiger partial charge in [-0.2, -0.15) is 0 Å². The topological polar surface area (TPSA) is 84.5 Å². The molecule has 0 saturated heterocycles. The van der Waals surface area contributed by atoms with E-state index in [9.17, 15) is 17.6 Å². The van der Waals surface area contributed by atoms with Crippen LogP contribution in [-0.4, -0.2) is 28.0 Å². The molecule has 2 N–H and O–H groups in total. The van der Waals surface area contributed by atoms with Crippen LogP contribution in [0, 0.1) is 5.82 Å². The van der Waals surface area contributed by atoms with E-state index in [-0.39, 0.29) is 27.1 Å². The Morgan fingerprint density at radius 1 is 1.03 bits per heavy atom. The molecule has 0 radical (unpaired) electrons. The summed E-state index contributed by atoms with van der Waals surface area (Å²) >= 11 is 6.10. The molecule has 162 valence electrons. The van der Waals surface area contributed by atoms with Gasteiger partial charge in [0.25, 0.3) is 15.9 Å². The van der Waals surface area contributed by atoms with Crippen LogP contribution in [0.25, 0.3) is 0 Å². The van der Waals surface area contributed by atoms with Crippen LogP contribution in [0.2, 0.25) is 5.02 Å². The van der Waals surface area contributed by atoms with E-state index in [2.05, 4.69) is 10.0 Å². The van der Waals surface area contributed by atoms with Crippen molar-refractivity contribution < 1.29 is 22.3 Å². The lowest BCUT2D eigenvalue weighted by atomic mass is 10.1. The fourth-order valence-electron chi connectivity index (χ4n) is 2.78. The predicted octanol–water partition coefficient (Wildman–Crippen LogP) is 4.26. The van der Waals surface area contributed by atoms with E-state index in [1.807, 2.05) is 24.3 Å². The van der Waals surface area contributed by atoms with Crippen molar-refractivity contribution in [2.45, 2.75) is 11.3 Å². The van der Waals surface area contributed by atoms with Crippen molar-refractivity contribution in [3.8, 4) is 5.75 Å². The molecule has 0 bridgehead atoms. The van der Waals surface area contributed by atoms with Crippen LogP contribution in [0.15, 0.2) is 71.6 Å². The van der Waals surface area contributed by atoms with Crippen LogP contribution in [0.1, 0.15) is 15.9 Å². The first kappa shape index (κ1) is 22.6. The number of carbonyl (C=O) groups is 1. The van der Waals surface area contributed by atoms with Crippen LogP contribution < -0.4 is 14.8 Å². The second-order valence-corrected chi connectivity index (χ2v) is 8.70. The average Bonchev–Trinajstić information content (AvgIpc) is 2.76. The van der Waals surface area contributed by atoms with Crippen LogP contribution in [0.4, 0.5) is 10.1 Å². The molecule has 0 spiro atoms. The number of methoxy groups -OCH3 is 1. The van der Waals surface area contributed by atoms with Gasteiger partial charge < -0.3 is 10.1 Å². The lowest BCUT2D eigenvalue weighted by molar-refractivity contribution is 0.0954. The van der Waals surface area contributed by atoms with Gasteiger partial charge in [0.1, 0.15) is 11.6 Å². The number of sulfonamides is 1. The van der Waals surface area contributed by atoms with E-state index in [1.165, 1.54) is 18.2 Å². The van der Waals surface area contributed by atoms with E-state index in [0.717, 1.165) is 35.6 Å². The van der Waals surface area contributed by atoms with Gasteiger partial charge in [0.15, 0.2) is 0 Å². The van der Waals surface area contributed by atoms with Crippen molar-refractivity contribution in [2.24, 2.45) is 0 Å². The number of rotatable bonds is 8. The first-order valence-corrected chi connectivity index (χ1v) is 11.1. The summed E-state index contributed by atoms with van der Waals surface area (Å²) in [5.74, 6) is -0.165. The summed E-state index contributed by atoms with van der Waals surface area (Å²) in [6, 6.07) is 16.2. The third-order valence-electron chi connectivity index (χ3n) is 4.46. The Balaban J connectivity index is 1.66. The number of carbonyl (C=O) groups excluding carboxylic acids is 1. The third-order valence-corrected chi connectivity index (χ3v) is 6.17. The van der Waals surface area contributed by atoms with Crippen LogP contribution in [0.5, 0.6) is 5.75 Å². The molecule has 0 fully saturated rings. The minimum atomic E-state index is -4.00. The van der Waals surface area contributed by atoms with Crippen LogP contribution in [0.3, 0.4) is 0 Å².